The fourth-order valence-electron chi connectivity index (χ4n) is 2.14. The number of rotatable bonds is 2. The molecule has 0 unspecified atom stereocenters. The average molecular weight is 319 g/mol. The molecule has 2 nitrogen and oxygen atoms in total. The number of hydrogen-bond acceptors (Lipinski definition) is 2. The summed E-state index contributed by atoms with van der Waals surface area (Å²) < 4.78 is 6.75. The molecule has 0 N–H and O–H groups in total. The van der Waals surface area contributed by atoms with Crippen LogP contribution in [0.2, 0.25) is 5.02 Å². The Morgan fingerprint density at radius 3 is 2.65 bits per heavy atom. The van der Waals surface area contributed by atoms with E-state index < -0.39 is 0 Å². The highest BCUT2D eigenvalue weighted by Gasteiger charge is 2.28. The summed E-state index contributed by atoms with van der Waals surface area (Å²) in [5, 5.41) is 0.573. The molecule has 1 aromatic rings. The minimum atomic E-state index is 0.259. The highest BCUT2D eigenvalue weighted by Crippen LogP contribution is 2.37. The van der Waals surface area contributed by atoms with Crippen molar-refractivity contribution in [2.75, 3.05) is 0 Å². The molecule has 0 atom stereocenters. The molecule has 0 radical (unpaired) electrons. The molecule has 1 aromatic heterocycles. The first-order valence-electron chi connectivity index (χ1n) is 5.94. The normalized spacial score (nSPS) is 20.2. The van der Waals surface area contributed by atoms with Gasteiger partial charge in [-0.15, -0.1) is 0 Å². The molecule has 0 aromatic carbocycles. The lowest BCUT2D eigenvalue weighted by molar-refractivity contribution is 0.0950. The van der Waals surface area contributed by atoms with Crippen LogP contribution in [-0.2, 0) is 0 Å². The molecule has 94 valence electrons. The predicted molar refractivity (Wildman–Crippen MR) is 73.6 cm³/mol. The molecule has 4 heteroatoms. The van der Waals surface area contributed by atoms with Crippen LogP contribution in [0.1, 0.15) is 39.5 Å². The molecular weight excluding hydrogens is 302 g/mol. The third-order valence-electron chi connectivity index (χ3n) is 3.34. The SMILES string of the molecule is CC1(C)CCC(Oc2ncc(Br)cc2Cl)CC1. The van der Waals surface area contributed by atoms with Gasteiger partial charge < -0.3 is 4.74 Å². The first-order chi connectivity index (χ1) is 7.96. The van der Waals surface area contributed by atoms with E-state index in [0.29, 0.717) is 16.3 Å². The molecule has 0 amide bonds. The lowest BCUT2D eigenvalue weighted by Gasteiger charge is -2.34. The lowest BCUT2D eigenvalue weighted by Crippen LogP contribution is -2.28. The second kappa shape index (κ2) is 5.15. The summed E-state index contributed by atoms with van der Waals surface area (Å²) in [5.41, 5.74) is 0.455. The number of pyridine rings is 1. The molecule has 2 rings (SSSR count). The summed E-state index contributed by atoms with van der Waals surface area (Å²) in [4.78, 5) is 4.21. The van der Waals surface area contributed by atoms with Gasteiger partial charge in [-0.2, -0.15) is 0 Å². The van der Waals surface area contributed by atoms with Gasteiger partial charge in [0.2, 0.25) is 5.88 Å². The van der Waals surface area contributed by atoms with Crippen molar-refractivity contribution >= 4 is 27.5 Å². The maximum Gasteiger partial charge on any atom is 0.232 e. The Hall–Kier alpha value is -0.280. The molecule has 0 aliphatic heterocycles. The number of ether oxygens (including phenoxy) is 1. The fraction of sp³-hybridized carbons (Fsp3) is 0.615. The van der Waals surface area contributed by atoms with Gasteiger partial charge in [-0.05, 0) is 53.1 Å². The summed E-state index contributed by atoms with van der Waals surface area (Å²) in [7, 11) is 0. The van der Waals surface area contributed by atoms with Crippen LogP contribution in [0.25, 0.3) is 0 Å². The van der Waals surface area contributed by atoms with E-state index in [1.54, 1.807) is 6.20 Å². The highest BCUT2D eigenvalue weighted by molar-refractivity contribution is 9.10. The zero-order valence-electron chi connectivity index (χ0n) is 10.2. The Bertz CT molecular complexity index is 398. The highest BCUT2D eigenvalue weighted by atomic mass is 79.9. The van der Waals surface area contributed by atoms with Crippen molar-refractivity contribution in [2.24, 2.45) is 5.41 Å². The second-order valence-corrected chi connectivity index (χ2v) is 6.74. The minimum Gasteiger partial charge on any atom is -0.473 e. The molecule has 1 heterocycles. The summed E-state index contributed by atoms with van der Waals surface area (Å²) in [6.45, 7) is 4.63. The average Bonchev–Trinajstić information content (AvgIpc) is 2.25. The van der Waals surface area contributed by atoms with E-state index in [2.05, 4.69) is 34.8 Å². The van der Waals surface area contributed by atoms with Gasteiger partial charge in [0.05, 0.1) is 0 Å². The van der Waals surface area contributed by atoms with Gasteiger partial charge in [0.25, 0.3) is 0 Å². The van der Waals surface area contributed by atoms with E-state index in [0.717, 1.165) is 17.3 Å². The molecule has 1 saturated carbocycles. The van der Waals surface area contributed by atoms with E-state index in [1.807, 2.05) is 6.07 Å². The van der Waals surface area contributed by atoms with E-state index in [4.69, 9.17) is 16.3 Å². The van der Waals surface area contributed by atoms with Crippen molar-refractivity contribution < 1.29 is 4.74 Å². The first kappa shape index (κ1) is 13.2. The van der Waals surface area contributed by atoms with Gasteiger partial charge in [0.1, 0.15) is 11.1 Å². The van der Waals surface area contributed by atoms with Crippen LogP contribution in [-0.4, -0.2) is 11.1 Å². The van der Waals surface area contributed by atoms with Crippen LogP contribution in [0, 0.1) is 5.41 Å². The maximum absolute atomic E-state index is 6.09. The van der Waals surface area contributed by atoms with Gasteiger partial charge in [0, 0.05) is 10.7 Å². The summed E-state index contributed by atoms with van der Waals surface area (Å²) in [6.07, 6.45) is 6.54. The third-order valence-corrected chi connectivity index (χ3v) is 4.04. The van der Waals surface area contributed by atoms with E-state index in [9.17, 15) is 0 Å². The summed E-state index contributed by atoms with van der Waals surface area (Å²) >= 11 is 9.42. The van der Waals surface area contributed by atoms with Crippen LogP contribution in [0.5, 0.6) is 5.88 Å². The molecule has 0 bridgehead atoms. The van der Waals surface area contributed by atoms with E-state index >= 15 is 0 Å². The van der Waals surface area contributed by atoms with Crippen LogP contribution in [0.15, 0.2) is 16.7 Å². The number of hydrogen-bond donors (Lipinski definition) is 0. The van der Waals surface area contributed by atoms with Gasteiger partial charge >= 0.3 is 0 Å². The predicted octanol–water partition coefficient (Wildman–Crippen LogP) is 4.85. The lowest BCUT2D eigenvalue weighted by atomic mass is 9.76. The van der Waals surface area contributed by atoms with Gasteiger partial charge in [-0.1, -0.05) is 25.4 Å². The minimum absolute atomic E-state index is 0.259. The molecule has 1 aliphatic carbocycles. The van der Waals surface area contributed by atoms with Crippen LogP contribution >= 0.6 is 27.5 Å². The molecule has 0 saturated heterocycles. The molecular formula is C13H17BrClNO. The zero-order chi connectivity index (χ0) is 12.5. The maximum atomic E-state index is 6.09. The van der Waals surface area contributed by atoms with Crippen molar-refractivity contribution in [3.05, 3.63) is 21.8 Å². The van der Waals surface area contributed by atoms with Crippen molar-refractivity contribution in [1.82, 2.24) is 4.98 Å². The number of aromatic nitrogens is 1. The van der Waals surface area contributed by atoms with Crippen LogP contribution in [0.4, 0.5) is 0 Å². The Kier molecular flexibility index (Phi) is 3.99. The zero-order valence-corrected chi connectivity index (χ0v) is 12.5. The van der Waals surface area contributed by atoms with E-state index in [1.165, 1.54) is 12.8 Å². The standard InChI is InChI=1S/C13H17BrClNO/c1-13(2)5-3-10(4-6-13)17-12-11(15)7-9(14)8-16-12/h7-8,10H,3-6H2,1-2H3. The fourth-order valence-corrected chi connectivity index (χ4v) is 2.81. The Morgan fingerprint density at radius 1 is 1.41 bits per heavy atom. The monoisotopic (exact) mass is 317 g/mol. The van der Waals surface area contributed by atoms with Crippen molar-refractivity contribution in [3.8, 4) is 5.88 Å². The van der Waals surface area contributed by atoms with Crippen molar-refractivity contribution in [3.63, 3.8) is 0 Å². The smallest absolute Gasteiger partial charge is 0.232 e. The second-order valence-electron chi connectivity index (χ2n) is 5.42. The largest absolute Gasteiger partial charge is 0.473 e. The van der Waals surface area contributed by atoms with Crippen molar-refractivity contribution in [1.29, 1.82) is 0 Å². The van der Waals surface area contributed by atoms with Crippen molar-refractivity contribution in [2.45, 2.75) is 45.6 Å². The van der Waals surface area contributed by atoms with Crippen LogP contribution in [0.3, 0.4) is 0 Å². The molecule has 1 fully saturated rings. The third kappa shape index (κ3) is 3.59. The quantitative estimate of drug-likeness (QED) is 0.778. The number of halogens is 2. The van der Waals surface area contributed by atoms with Gasteiger partial charge in [-0.3, -0.25) is 0 Å². The van der Waals surface area contributed by atoms with Gasteiger partial charge in [-0.25, -0.2) is 4.98 Å². The number of nitrogens with zero attached hydrogens (tertiary/aromatic N) is 1. The Labute approximate surface area is 116 Å². The molecule has 17 heavy (non-hydrogen) atoms. The Balaban J connectivity index is 1.98. The van der Waals surface area contributed by atoms with E-state index in [-0.39, 0.29) is 6.10 Å². The van der Waals surface area contributed by atoms with Gasteiger partial charge in [0.15, 0.2) is 0 Å². The molecule has 0 spiro atoms. The first-order valence-corrected chi connectivity index (χ1v) is 7.11. The topological polar surface area (TPSA) is 22.1 Å². The Morgan fingerprint density at radius 2 is 2.06 bits per heavy atom. The van der Waals surface area contributed by atoms with Crippen LogP contribution < -0.4 is 4.74 Å². The molecule has 1 aliphatic rings. The summed E-state index contributed by atoms with van der Waals surface area (Å²) in [6, 6.07) is 1.82. The summed E-state index contributed by atoms with van der Waals surface area (Å²) in [5.74, 6) is 0.555.